The number of benzene rings is 1. The van der Waals surface area contributed by atoms with E-state index in [0.29, 0.717) is 5.69 Å². The predicted octanol–water partition coefficient (Wildman–Crippen LogP) is 3.88. The van der Waals surface area contributed by atoms with Crippen LogP contribution in [0.5, 0.6) is 0 Å². The van der Waals surface area contributed by atoms with Crippen LogP contribution in [0.2, 0.25) is 0 Å². The van der Waals surface area contributed by atoms with Gasteiger partial charge in [0.15, 0.2) is 0 Å². The molecular weight excluding hydrogens is 408 g/mol. The predicted molar refractivity (Wildman–Crippen MR) is 123 cm³/mol. The maximum atomic E-state index is 13.3. The second kappa shape index (κ2) is 8.20. The molecule has 4 aromatic rings. The lowest BCUT2D eigenvalue weighted by Crippen LogP contribution is -2.43. The van der Waals surface area contributed by atoms with Crippen LogP contribution in [-0.4, -0.2) is 57.2 Å². The number of thiazole rings is 1. The van der Waals surface area contributed by atoms with Gasteiger partial charge in [-0.2, -0.15) is 5.10 Å². The first-order valence-electron chi connectivity index (χ1n) is 10.4. The molecule has 0 unspecified atom stereocenters. The van der Waals surface area contributed by atoms with E-state index in [2.05, 4.69) is 32.4 Å². The smallest absolute Gasteiger partial charge is 0.271 e. The molecule has 1 aliphatic heterocycles. The monoisotopic (exact) mass is 432 g/mol. The molecule has 1 fully saturated rings. The van der Waals surface area contributed by atoms with Crippen molar-refractivity contribution >= 4 is 28.1 Å². The van der Waals surface area contributed by atoms with E-state index in [1.54, 1.807) is 12.4 Å². The van der Waals surface area contributed by atoms with Crippen LogP contribution in [0.25, 0.3) is 32.0 Å². The van der Waals surface area contributed by atoms with Crippen LogP contribution in [0.1, 0.15) is 28.9 Å². The number of piperidine rings is 1. The summed E-state index contributed by atoms with van der Waals surface area (Å²) in [4.78, 5) is 25.4. The molecule has 1 saturated heterocycles. The Morgan fingerprint density at radius 2 is 2.06 bits per heavy atom. The number of aryl methyl sites for hydroxylation is 1. The number of hydrogen-bond acceptors (Lipinski definition) is 6. The number of carbonyl (C=O) groups excluding carboxylic acids is 1. The van der Waals surface area contributed by atoms with Crippen LogP contribution in [0.3, 0.4) is 0 Å². The van der Waals surface area contributed by atoms with Gasteiger partial charge in [0.2, 0.25) is 0 Å². The maximum absolute atomic E-state index is 13.3. The Labute approximate surface area is 184 Å². The quantitative estimate of drug-likeness (QED) is 0.511. The lowest BCUT2D eigenvalue weighted by atomic mass is 10.1. The lowest BCUT2D eigenvalue weighted by molar-refractivity contribution is 0.0913. The number of rotatable bonds is 4. The highest BCUT2D eigenvalue weighted by molar-refractivity contribution is 7.18. The zero-order valence-electron chi connectivity index (χ0n) is 17.6. The molecule has 8 heteroatoms. The van der Waals surface area contributed by atoms with Crippen LogP contribution >= 0.6 is 11.3 Å². The Balaban J connectivity index is 1.54. The van der Waals surface area contributed by atoms with Crippen LogP contribution < -0.4 is 5.32 Å². The number of fused-ring (bicyclic) bond motifs is 1. The molecule has 158 valence electrons. The summed E-state index contributed by atoms with van der Waals surface area (Å²) in [6.07, 6.45) is 5.41. The molecule has 31 heavy (non-hydrogen) atoms. The lowest BCUT2D eigenvalue weighted by Gasteiger charge is -2.29. The van der Waals surface area contributed by atoms with E-state index in [1.165, 1.54) is 11.3 Å². The summed E-state index contributed by atoms with van der Waals surface area (Å²) in [5, 5.41) is 12.6. The fraction of sp³-hybridized carbons (Fsp3) is 0.304. The number of likely N-dealkylation sites (tertiary alicyclic amines) is 1. The van der Waals surface area contributed by atoms with E-state index in [-0.39, 0.29) is 11.9 Å². The summed E-state index contributed by atoms with van der Waals surface area (Å²) in [6, 6.07) is 10.1. The topological polar surface area (TPSA) is 86.8 Å². The fourth-order valence-corrected chi connectivity index (χ4v) is 5.09. The molecule has 0 saturated carbocycles. The minimum absolute atomic E-state index is 0.129. The number of aromatic nitrogens is 4. The fourth-order valence-electron chi connectivity index (χ4n) is 4.02. The molecule has 4 heterocycles. The molecule has 0 aliphatic carbocycles. The zero-order valence-corrected chi connectivity index (χ0v) is 18.4. The molecule has 1 aromatic carbocycles. The van der Waals surface area contributed by atoms with Crippen LogP contribution in [0, 0.1) is 6.92 Å². The number of pyridine rings is 1. The van der Waals surface area contributed by atoms with Gasteiger partial charge in [-0.1, -0.05) is 24.3 Å². The van der Waals surface area contributed by atoms with Gasteiger partial charge >= 0.3 is 0 Å². The van der Waals surface area contributed by atoms with Gasteiger partial charge in [0, 0.05) is 29.4 Å². The zero-order chi connectivity index (χ0) is 21.4. The molecule has 5 rings (SSSR count). The number of para-hydroxylation sites is 1. The van der Waals surface area contributed by atoms with Gasteiger partial charge in [-0.25, -0.2) is 4.98 Å². The molecule has 3 aromatic heterocycles. The first-order chi connectivity index (χ1) is 15.1. The van der Waals surface area contributed by atoms with E-state index in [4.69, 9.17) is 4.98 Å². The minimum Gasteiger partial charge on any atom is -0.348 e. The summed E-state index contributed by atoms with van der Waals surface area (Å²) in [6.45, 7) is 4.01. The Bertz CT molecular complexity index is 1220. The normalized spacial score (nSPS) is 15.4. The van der Waals surface area contributed by atoms with Crippen molar-refractivity contribution in [2.24, 2.45) is 0 Å². The van der Waals surface area contributed by atoms with Crippen molar-refractivity contribution < 1.29 is 4.79 Å². The third-order valence-electron chi connectivity index (χ3n) is 5.82. The first kappa shape index (κ1) is 19.8. The number of carbonyl (C=O) groups is 1. The third kappa shape index (κ3) is 3.84. The van der Waals surface area contributed by atoms with Gasteiger partial charge in [0.1, 0.15) is 16.4 Å². The molecule has 0 spiro atoms. The van der Waals surface area contributed by atoms with Gasteiger partial charge in [-0.15, -0.1) is 11.3 Å². The van der Waals surface area contributed by atoms with Gasteiger partial charge in [-0.3, -0.25) is 14.9 Å². The van der Waals surface area contributed by atoms with Crippen LogP contribution in [-0.2, 0) is 0 Å². The van der Waals surface area contributed by atoms with Crippen molar-refractivity contribution in [3.05, 3.63) is 54.0 Å². The SMILES string of the molecule is Cc1cccc2c(-c3nc(C(=O)NC4CCN(C)CC4)c(-c4cccnc4)s3)[nH]nc12. The molecule has 0 bridgehead atoms. The molecule has 0 atom stereocenters. The van der Waals surface area contributed by atoms with Crippen molar-refractivity contribution in [1.82, 2.24) is 30.4 Å². The Hall–Kier alpha value is -3.10. The minimum atomic E-state index is -0.129. The largest absolute Gasteiger partial charge is 0.348 e. The second-order valence-corrected chi connectivity index (χ2v) is 9.06. The Morgan fingerprint density at radius 1 is 1.23 bits per heavy atom. The summed E-state index contributed by atoms with van der Waals surface area (Å²) in [5.41, 5.74) is 4.20. The highest BCUT2D eigenvalue weighted by atomic mass is 32.1. The van der Waals surface area contributed by atoms with Gasteiger partial charge < -0.3 is 10.2 Å². The van der Waals surface area contributed by atoms with Gasteiger partial charge in [-0.05, 0) is 51.5 Å². The van der Waals surface area contributed by atoms with Crippen LogP contribution in [0.4, 0.5) is 0 Å². The second-order valence-electron chi connectivity index (χ2n) is 8.06. The van der Waals surface area contributed by atoms with E-state index in [1.807, 2.05) is 37.3 Å². The van der Waals surface area contributed by atoms with Crippen molar-refractivity contribution in [3.8, 4) is 21.1 Å². The maximum Gasteiger partial charge on any atom is 0.271 e. The number of amides is 1. The van der Waals surface area contributed by atoms with Gasteiger partial charge in [0.25, 0.3) is 5.91 Å². The Kier molecular flexibility index (Phi) is 5.25. The molecule has 1 aliphatic rings. The highest BCUT2D eigenvalue weighted by Crippen LogP contribution is 2.37. The Morgan fingerprint density at radius 3 is 2.84 bits per heavy atom. The summed E-state index contributed by atoms with van der Waals surface area (Å²) in [5.74, 6) is -0.129. The van der Waals surface area contributed by atoms with E-state index in [9.17, 15) is 4.79 Å². The molecule has 2 N–H and O–H groups in total. The average Bonchev–Trinajstić information content (AvgIpc) is 3.41. The molecule has 7 nitrogen and oxygen atoms in total. The van der Waals surface area contributed by atoms with Crippen molar-refractivity contribution in [1.29, 1.82) is 0 Å². The number of hydrogen-bond donors (Lipinski definition) is 2. The highest BCUT2D eigenvalue weighted by Gasteiger charge is 2.25. The van der Waals surface area contributed by atoms with Crippen LogP contribution in [0.15, 0.2) is 42.7 Å². The number of aromatic amines is 1. The molecule has 0 radical (unpaired) electrons. The number of nitrogens with zero attached hydrogens (tertiary/aromatic N) is 4. The summed E-state index contributed by atoms with van der Waals surface area (Å²) >= 11 is 1.49. The van der Waals surface area contributed by atoms with Crippen molar-refractivity contribution in [3.63, 3.8) is 0 Å². The molecular formula is C23H24N6OS. The van der Waals surface area contributed by atoms with E-state index >= 15 is 0 Å². The van der Waals surface area contributed by atoms with Crippen molar-refractivity contribution in [2.45, 2.75) is 25.8 Å². The standard InChI is InChI=1S/C23H24N6OS/c1-14-5-3-7-17-18(14)27-28-19(17)23-26-20(21(31-23)15-6-4-10-24-13-15)22(30)25-16-8-11-29(2)12-9-16/h3-7,10,13,16H,8-9,11-12H2,1-2H3,(H,25,30)(H,27,28). The van der Waals surface area contributed by atoms with Gasteiger partial charge in [0.05, 0.1) is 10.4 Å². The molecule has 1 amide bonds. The van der Waals surface area contributed by atoms with Crippen molar-refractivity contribution in [2.75, 3.05) is 20.1 Å². The third-order valence-corrected chi connectivity index (χ3v) is 6.94. The first-order valence-corrected chi connectivity index (χ1v) is 11.3. The van der Waals surface area contributed by atoms with E-state index < -0.39 is 0 Å². The number of nitrogens with one attached hydrogen (secondary N) is 2. The number of H-pyrrole nitrogens is 1. The van der Waals surface area contributed by atoms with E-state index in [0.717, 1.165) is 63.5 Å². The summed E-state index contributed by atoms with van der Waals surface area (Å²) < 4.78 is 0. The average molecular weight is 433 g/mol. The summed E-state index contributed by atoms with van der Waals surface area (Å²) in [7, 11) is 2.11.